The third kappa shape index (κ3) is 3.84. The van der Waals surface area contributed by atoms with E-state index in [0.717, 1.165) is 21.9 Å². The highest BCUT2D eigenvalue weighted by Crippen LogP contribution is 2.33. The number of thiazole rings is 1. The first-order valence-corrected chi connectivity index (χ1v) is 10.2. The van der Waals surface area contributed by atoms with Gasteiger partial charge in [-0.15, -0.1) is 22.7 Å². The molecule has 0 saturated carbocycles. The molecule has 2 aromatic heterocycles. The van der Waals surface area contributed by atoms with E-state index < -0.39 is 10.0 Å². The van der Waals surface area contributed by atoms with Gasteiger partial charge in [0.05, 0.1) is 9.48 Å². The monoisotopic (exact) mass is 409 g/mol. The molecule has 5 nitrogen and oxygen atoms in total. The summed E-state index contributed by atoms with van der Waals surface area (Å²) in [6, 6.07) is 1.68. The van der Waals surface area contributed by atoms with Crippen LogP contribution in [0.3, 0.4) is 0 Å². The molecule has 0 radical (unpaired) electrons. The first-order chi connectivity index (χ1) is 9.87. The lowest BCUT2D eigenvalue weighted by Crippen LogP contribution is -2.12. The van der Waals surface area contributed by atoms with Gasteiger partial charge in [-0.05, 0) is 42.4 Å². The summed E-state index contributed by atoms with van der Waals surface area (Å²) in [5.74, 6) is 0. The molecule has 0 spiro atoms. The quantitative estimate of drug-likeness (QED) is 0.766. The molecule has 2 aromatic rings. The number of halogens is 1. The van der Waals surface area contributed by atoms with Gasteiger partial charge < -0.3 is 5.32 Å². The fourth-order valence-electron chi connectivity index (χ4n) is 1.81. The lowest BCUT2D eigenvalue weighted by molar-refractivity contribution is 0.601. The standard InChI is InChI=1S/C12H16BrN3O2S3/c1-4-9-7(2)19-12(15-9)16-21(17,18)10-5-8(6-14-3)20-11(10)13/h5,14H,4,6H2,1-3H3,(H,15,16). The van der Waals surface area contributed by atoms with Crippen LogP contribution in [0.5, 0.6) is 0 Å². The van der Waals surface area contributed by atoms with Crippen molar-refractivity contribution in [3.05, 3.63) is 25.3 Å². The Morgan fingerprint density at radius 2 is 2.10 bits per heavy atom. The highest BCUT2D eigenvalue weighted by molar-refractivity contribution is 9.11. The summed E-state index contributed by atoms with van der Waals surface area (Å²) < 4.78 is 28.1. The summed E-state index contributed by atoms with van der Waals surface area (Å²) >= 11 is 6.09. The first-order valence-electron chi connectivity index (χ1n) is 6.29. The van der Waals surface area contributed by atoms with Gasteiger partial charge in [-0.1, -0.05) is 6.92 Å². The maximum atomic E-state index is 12.5. The molecule has 0 aliphatic rings. The molecule has 0 aliphatic heterocycles. The number of sulfonamides is 1. The minimum Gasteiger partial charge on any atom is -0.315 e. The number of aromatic nitrogens is 1. The molecular formula is C12H16BrN3O2S3. The topological polar surface area (TPSA) is 71.1 Å². The fourth-order valence-corrected chi connectivity index (χ4v) is 6.64. The van der Waals surface area contributed by atoms with Crippen LogP contribution in [0, 0.1) is 6.92 Å². The van der Waals surface area contributed by atoms with Gasteiger partial charge in [-0.25, -0.2) is 13.4 Å². The predicted octanol–water partition coefficient (Wildman–Crippen LogP) is 3.36. The summed E-state index contributed by atoms with van der Waals surface area (Å²) in [5, 5.41) is 3.42. The number of nitrogens with one attached hydrogen (secondary N) is 2. The van der Waals surface area contributed by atoms with Crippen LogP contribution < -0.4 is 10.0 Å². The van der Waals surface area contributed by atoms with Gasteiger partial charge in [0, 0.05) is 16.3 Å². The maximum absolute atomic E-state index is 12.5. The van der Waals surface area contributed by atoms with Gasteiger partial charge >= 0.3 is 0 Å². The molecule has 21 heavy (non-hydrogen) atoms. The fraction of sp³-hybridized carbons (Fsp3) is 0.417. The largest absolute Gasteiger partial charge is 0.315 e. The van der Waals surface area contributed by atoms with Crippen LogP contribution in [0.4, 0.5) is 5.13 Å². The average Bonchev–Trinajstić information content (AvgIpc) is 2.93. The highest BCUT2D eigenvalue weighted by atomic mass is 79.9. The van der Waals surface area contributed by atoms with Crippen LogP contribution in [-0.2, 0) is 23.0 Å². The van der Waals surface area contributed by atoms with E-state index in [1.165, 1.54) is 22.7 Å². The minimum atomic E-state index is -3.62. The van der Waals surface area contributed by atoms with E-state index in [0.29, 0.717) is 15.5 Å². The molecule has 2 rings (SSSR count). The number of anilines is 1. The molecule has 0 aromatic carbocycles. The van der Waals surface area contributed by atoms with Gasteiger partial charge in [0.1, 0.15) is 4.90 Å². The summed E-state index contributed by atoms with van der Waals surface area (Å²) in [6.07, 6.45) is 0.790. The van der Waals surface area contributed by atoms with E-state index in [4.69, 9.17) is 0 Å². The lowest BCUT2D eigenvalue weighted by atomic mass is 10.3. The average molecular weight is 410 g/mol. The van der Waals surface area contributed by atoms with Crippen molar-refractivity contribution in [3.8, 4) is 0 Å². The Balaban J connectivity index is 2.29. The summed E-state index contributed by atoms with van der Waals surface area (Å²) in [4.78, 5) is 6.56. The van der Waals surface area contributed by atoms with Crippen LogP contribution in [-0.4, -0.2) is 20.4 Å². The second-order valence-electron chi connectivity index (χ2n) is 4.36. The number of aryl methyl sites for hydroxylation is 2. The van der Waals surface area contributed by atoms with Crippen LogP contribution in [0.15, 0.2) is 14.7 Å². The third-order valence-electron chi connectivity index (χ3n) is 2.80. The zero-order valence-corrected chi connectivity index (χ0v) is 15.9. The first kappa shape index (κ1) is 16.9. The normalized spacial score (nSPS) is 11.8. The summed E-state index contributed by atoms with van der Waals surface area (Å²) in [7, 11) is -1.80. The molecule has 9 heteroatoms. The lowest BCUT2D eigenvalue weighted by Gasteiger charge is -2.03. The molecule has 0 bridgehead atoms. The number of hydrogen-bond acceptors (Lipinski definition) is 6. The maximum Gasteiger partial charge on any atom is 0.265 e. The van der Waals surface area contributed by atoms with E-state index in [1.807, 2.05) is 20.9 Å². The SMILES string of the molecule is CCc1nc(NS(=O)(=O)c2cc(CNC)sc2Br)sc1C. The third-order valence-corrected chi connectivity index (χ3v) is 7.45. The Labute approximate surface area is 141 Å². The molecule has 116 valence electrons. The number of rotatable bonds is 6. The second kappa shape index (κ2) is 6.74. The van der Waals surface area contributed by atoms with Crippen molar-refractivity contribution >= 4 is 53.8 Å². The number of nitrogens with zero attached hydrogens (tertiary/aromatic N) is 1. The zero-order chi connectivity index (χ0) is 15.6. The van der Waals surface area contributed by atoms with Crippen LogP contribution in [0.2, 0.25) is 0 Å². The van der Waals surface area contributed by atoms with E-state index in [9.17, 15) is 8.42 Å². The molecule has 0 amide bonds. The van der Waals surface area contributed by atoms with Gasteiger partial charge in [-0.2, -0.15) is 0 Å². The van der Waals surface area contributed by atoms with Gasteiger partial charge in [0.15, 0.2) is 5.13 Å². The zero-order valence-electron chi connectivity index (χ0n) is 11.9. The van der Waals surface area contributed by atoms with E-state index in [2.05, 4.69) is 31.0 Å². The van der Waals surface area contributed by atoms with Crippen LogP contribution in [0.25, 0.3) is 0 Å². The van der Waals surface area contributed by atoms with Gasteiger partial charge in [0.25, 0.3) is 10.0 Å². The highest BCUT2D eigenvalue weighted by Gasteiger charge is 2.22. The second-order valence-corrected chi connectivity index (χ2v) is 9.67. The smallest absolute Gasteiger partial charge is 0.265 e. The Hall–Kier alpha value is -0.480. The van der Waals surface area contributed by atoms with E-state index >= 15 is 0 Å². The predicted molar refractivity (Wildman–Crippen MR) is 91.8 cm³/mol. The van der Waals surface area contributed by atoms with Gasteiger partial charge in [-0.3, -0.25) is 4.72 Å². The van der Waals surface area contributed by atoms with Crippen molar-refractivity contribution in [2.45, 2.75) is 31.7 Å². The Kier molecular flexibility index (Phi) is 5.42. The Morgan fingerprint density at radius 3 is 2.67 bits per heavy atom. The van der Waals surface area contributed by atoms with Crippen molar-refractivity contribution in [2.24, 2.45) is 0 Å². The van der Waals surface area contributed by atoms with Crippen molar-refractivity contribution in [1.82, 2.24) is 10.3 Å². The summed E-state index contributed by atoms with van der Waals surface area (Å²) in [6.45, 7) is 4.58. The molecule has 0 atom stereocenters. The molecule has 0 saturated heterocycles. The molecule has 2 N–H and O–H groups in total. The molecule has 0 unspecified atom stereocenters. The van der Waals surface area contributed by atoms with E-state index in [1.54, 1.807) is 6.07 Å². The Morgan fingerprint density at radius 1 is 1.38 bits per heavy atom. The van der Waals surface area contributed by atoms with E-state index in [-0.39, 0.29) is 4.90 Å². The van der Waals surface area contributed by atoms with Crippen molar-refractivity contribution in [3.63, 3.8) is 0 Å². The molecule has 0 aliphatic carbocycles. The van der Waals surface area contributed by atoms with Crippen molar-refractivity contribution in [2.75, 3.05) is 11.8 Å². The van der Waals surface area contributed by atoms with Crippen molar-refractivity contribution < 1.29 is 8.42 Å². The summed E-state index contributed by atoms with van der Waals surface area (Å²) in [5.41, 5.74) is 0.929. The Bertz CT molecular complexity index is 737. The van der Waals surface area contributed by atoms with Crippen LogP contribution >= 0.6 is 38.6 Å². The number of hydrogen-bond donors (Lipinski definition) is 2. The molecule has 0 fully saturated rings. The molecule has 2 heterocycles. The van der Waals surface area contributed by atoms with Crippen molar-refractivity contribution in [1.29, 1.82) is 0 Å². The molecular weight excluding hydrogens is 394 g/mol. The number of thiophene rings is 1. The van der Waals surface area contributed by atoms with Gasteiger partial charge in [0.2, 0.25) is 0 Å². The minimum absolute atomic E-state index is 0.253. The van der Waals surface area contributed by atoms with Crippen LogP contribution in [0.1, 0.15) is 22.4 Å².